The summed E-state index contributed by atoms with van der Waals surface area (Å²) in [5, 5.41) is 0. The van der Waals surface area contributed by atoms with Gasteiger partial charge < -0.3 is 4.74 Å². The number of hydrogen-bond donors (Lipinski definition) is 0. The van der Waals surface area contributed by atoms with Crippen molar-refractivity contribution in [1.29, 1.82) is 0 Å². The first-order chi connectivity index (χ1) is 7.93. The predicted molar refractivity (Wildman–Crippen MR) is 64.3 cm³/mol. The molecule has 4 heterocycles. The lowest BCUT2D eigenvalue weighted by molar-refractivity contribution is 0.144. The van der Waals surface area contributed by atoms with Gasteiger partial charge in [-0.3, -0.25) is 4.90 Å². The van der Waals surface area contributed by atoms with E-state index in [2.05, 4.69) is 33.9 Å². The third-order valence-corrected chi connectivity index (χ3v) is 3.57. The summed E-state index contributed by atoms with van der Waals surface area (Å²) in [5.41, 5.74) is 3.01. The van der Waals surface area contributed by atoms with Crippen LogP contribution < -0.4 is 0 Å². The second-order valence-corrected chi connectivity index (χ2v) is 4.84. The SMILES string of the molecule is C1CO1.c1cc2ccc1CN1CCCCC21. The van der Waals surface area contributed by atoms with E-state index in [0.717, 1.165) is 19.3 Å². The number of fused-ring (bicyclic) bond motifs is 2. The van der Waals surface area contributed by atoms with Crippen LogP contribution >= 0.6 is 0 Å². The highest BCUT2D eigenvalue weighted by Crippen LogP contribution is 2.34. The highest BCUT2D eigenvalue weighted by Gasteiger charge is 2.25. The summed E-state index contributed by atoms with van der Waals surface area (Å²) in [6, 6.07) is 9.92. The van der Waals surface area contributed by atoms with Gasteiger partial charge in [-0.1, -0.05) is 30.7 Å². The fraction of sp³-hybridized carbons (Fsp3) is 0.571. The molecule has 4 aliphatic heterocycles. The van der Waals surface area contributed by atoms with Crippen LogP contribution in [0.25, 0.3) is 0 Å². The molecule has 0 aromatic heterocycles. The van der Waals surface area contributed by atoms with Crippen LogP contribution in [0.2, 0.25) is 0 Å². The Labute approximate surface area is 97.2 Å². The molecular weight excluding hydrogens is 198 g/mol. The van der Waals surface area contributed by atoms with Crippen molar-refractivity contribution < 1.29 is 4.74 Å². The summed E-state index contributed by atoms with van der Waals surface area (Å²) in [6.07, 6.45) is 4.15. The Balaban J connectivity index is 0.000000235. The number of rotatable bonds is 0. The average molecular weight is 217 g/mol. The minimum atomic E-state index is 0.723. The van der Waals surface area contributed by atoms with Crippen molar-refractivity contribution in [2.75, 3.05) is 19.8 Å². The van der Waals surface area contributed by atoms with Crippen molar-refractivity contribution in [2.45, 2.75) is 31.8 Å². The summed E-state index contributed by atoms with van der Waals surface area (Å²) in [7, 11) is 0. The standard InChI is InChI=1S/C12H15N.C2H4O/c1-2-8-13-9-10-4-6-11(7-5-10)12(13)3-1;1-2-3-1/h4-7,12H,1-3,8-9H2;1-2H2. The summed E-state index contributed by atoms with van der Waals surface area (Å²) >= 11 is 0. The van der Waals surface area contributed by atoms with E-state index in [9.17, 15) is 0 Å². The molecule has 16 heavy (non-hydrogen) atoms. The van der Waals surface area contributed by atoms with Crippen molar-refractivity contribution >= 4 is 0 Å². The van der Waals surface area contributed by atoms with Crippen molar-refractivity contribution in [2.24, 2.45) is 0 Å². The number of nitrogens with zero attached hydrogens (tertiary/aromatic N) is 1. The van der Waals surface area contributed by atoms with E-state index >= 15 is 0 Å². The molecule has 0 spiro atoms. The summed E-state index contributed by atoms with van der Waals surface area (Å²) < 4.78 is 4.50. The molecule has 1 aromatic carbocycles. The van der Waals surface area contributed by atoms with Crippen LogP contribution in [0.5, 0.6) is 0 Å². The van der Waals surface area contributed by atoms with Crippen molar-refractivity contribution in [3.05, 3.63) is 35.4 Å². The Morgan fingerprint density at radius 1 is 1.06 bits per heavy atom. The van der Waals surface area contributed by atoms with Gasteiger partial charge in [0.2, 0.25) is 0 Å². The van der Waals surface area contributed by atoms with Gasteiger partial charge in [0, 0.05) is 12.6 Å². The van der Waals surface area contributed by atoms with Crippen LogP contribution in [-0.4, -0.2) is 24.7 Å². The lowest BCUT2D eigenvalue weighted by atomic mass is 9.97. The third kappa shape index (κ3) is 2.28. The van der Waals surface area contributed by atoms with Gasteiger partial charge in [-0.25, -0.2) is 0 Å². The zero-order valence-electron chi connectivity index (χ0n) is 9.69. The molecule has 86 valence electrons. The van der Waals surface area contributed by atoms with Crippen molar-refractivity contribution in [3.63, 3.8) is 0 Å². The molecule has 4 aliphatic rings. The Kier molecular flexibility index (Phi) is 2.94. The average Bonchev–Trinajstić information content (AvgIpc) is 3.20. The van der Waals surface area contributed by atoms with Gasteiger partial charge in [-0.15, -0.1) is 0 Å². The molecule has 1 aromatic rings. The van der Waals surface area contributed by atoms with Gasteiger partial charge in [0.15, 0.2) is 0 Å². The number of piperidine rings is 1. The molecule has 0 N–H and O–H groups in total. The van der Waals surface area contributed by atoms with Crippen LogP contribution in [0, 0.1) is 0 Å². The van der Waals surface area contributed by atoms with Crippen molar-refractivity contribution in [3.8, 4) is 0 Å². The molecule has 2 fully saturated rings. The Morgan fingerprint density at radius 3 is 2.50 bits per heavy atom. The molecule has 2 saturated heterocycles. The van der Waals surface area contributed by atoms with Crippen LogP contribution in [0.3, 0.4) is 0 Å². The first-order valence-electron chi connectivity index (χ1n) is 6.34. The molecule has 2 heteroatoms. The largest absolute Gasteiger partial charge is 0.377 e. The topological polar surface area (TPSA) is 15.8 Å². The van der Waals surface area contributed by atoms with E-state index in [1.54, 1.807) is 0 Å². The molecule has 0 saturated carbocycles. The molecule has 0 amide bonds. The fourth-order valence-corrected chi connectivity index (χ4v) is 2.64. The van der Waals surface area contributed by atoms with E-state index in [1.165, 1.54) is 43.5 Å². The Hall–Kier alpha value is -0.860. The maximum Gasteiger partial charge on any atom is 0.0701 e. The fourth-order valence-electron chi connectivity index (χ4n) is 2.64. The number of ether oxygens (including phenoxy) is 1. The first-order valence-corrected chi connectivity index (χ1v) is 6.34. The van der Waals surface area contributed by atoms with Crippen molar-refractivity contribution in [1.82, 2.24) is 4.90 Å². The number of hydrogen-bond acceptors (Lipinski definition) is 2. The second-order valence-electron chi connectivity index (χ2n) is 4.84. The van der Waals surface area contributed by atoms with Gasteiger partial charge >= 0.3 is 0 Å². The smallest absolute Gasteiger partial charge is 0.0701 e. The first kappa shape index (κ1) is 10.3. The molecule has 0 aliphatic carbocycles. The quantitative estimate of drug-likeness (QED) is 0.621. The van der Waals surface area contributed by atoms with Gasteiger partial charge in [-0.05, 0) is 30.5 Å². The summed E-state index contributed by atoms with van der Waals surface area (Å²) in [6.45, 7) is 4.46. The maximum atomic E-state index is 4.50. The molecule has 0 radical (unpaired) electrons. The van der Waals surface area contributed by atoms with E-state index in [-0.39, 0.29) is 0 Å². The maximum absolute atomic E-state index is 4.50. The second kappa shape index (κ2) is 4.56. The summed E-state index contributed by atoms with van der Waals surface area (Å²) in [4.78, 5) is 2.63. The van der Waals surface area contributed by atoms with Gasteiger partial charge in [0.1, 0.15) is 0 Å². The molecule has 5 rings (SSSR count). The van der Waals surface area contributed by atoms with Crippen LogP contribution in [0.15, 0.2) is 24.3 Å². The highest BCUT2D eigenvalue weighted by atomic mass is 16.6. The number of epoxide rings is 1. The normalized spacial score (nSPS) is 26.4. The Morgan fingerprint density at radius 2 is 1.81 bits per heavy atom. The van der Waals surface area contributed by atoms with Crippen LogP contribution in [0.1, 0.15) is 36.4 Å². The van der Waals surface area contributed by atoms with Gasteiger partial charge in [-0.2, -0.15) is 0 Å². The van der Waals surface area contributed by atoms with Crippen LogP contribution in [-0.2, 0) is 11.3 Å². The lowest BCUT2D eigenvalue weighted by Gasteiger charge is -2.33. The van der Waals surface area contributed by atoms with E-state index < -0.39 is 0 Å². The zero-order chi connectivity index (χ0) is 10.8. The lowest BCUT2D eigenvalue weighted by Crippen LogP contribution is -2.31. The zero-order valence-corrected chi connectivity index (χ0v) is 9.69. The minimum absolute atomic E-state index is 0.723. The monoisotopic (exact) mass is 217 g/mol. The van der Waals surface area contributed by atoms with Gasteiger partial charge in [0.05, 0.1) is 13.2 Å². The van der Waals surface area contributed by atoms with E-state index in [4.69, 9.17) is 0 Å². The molecule has 1 atom stereocenters. The van der Waals surface area contributed by atoms with E-state index in [0.29, 0.717) is 0 Å². The third-order valence-electron chi connectivity index (χ3n) is 3.57. The molecule has 2 bridgehead atoms. The molecule has 1 unspecified atom stereocenters. The Bertz CT molecular complexity index is 342. The summed E-state index contributed by atoms with van der Waals surface area (Å²) in [5.74, 6) is 0. The van der Waals surface area contributed by atoms with E-state index in [1.807, 2.05) is 0 Å². The predicted octanol–water partition coefficient (Wildman–Crippen LogP) is 2.74. The van der Waals surface area contributed by atoms with Gasteiger partial charge in [0.25, 0.3) is 0 Å². The van der Waals surface area contributed by atoms with Crippen LogP contribution in [0.4, 0.5) is 0 Å². The number of benzene rings is 1. The molecule has 2 nitrogen and oxygen atoms in total. The minimum Gasteiger partial charge on any atom is -0.377 e. The molecular formula is C14H19NO. The highest BCUT2D eigenvalue weighted by molar-refractivity contribution is 5.28.